The van der Waals surface area contributed by atoms with Crippen LogP contribution in [0.1, 0.15) is 19.3 Å². The molecule has 7 nitrogen and oxygen atoms in total. The summed E-state index contributed by atoms with van der Waals surface area (Å²) in [7, 11) is 2.18. The van der Waals surface area contributed by atoms with Gasteiger partial charge in [-0.2, -0.15) is 0 Å². The summed E-state index contributed by atoms with van der Waals surface area (Å²) in [6.45, 7) is 6.91. The van der Waals surface area contributed by atoms with Gasteiger partial charge in [-0.05, 0) is 52.4 Å². The molecule has 0 spiro atoms. The minimum absolute atomic E-state index is 0.125. The summed E-state index contributed by atoms with van der Waals surface area (Å²) in [6.07, 6.45) is 5.20. The number of nitrogens with two attached hydrogens (primary N) is 1. The summed E-state index contributed by atoms with van der Waals surface area (Å²) >= 11 is 0. The van der Waals surface area contributed by atoms with E-state index in [0.717, 1.165) is 39.1 Å². The van der Waals surface area contributed by atoms with Crippen LogP contribution in [0.25, 0.3) is 0 Å². The molecule has 3 aliphatic heterocycles. The lowest BCUT2D eigenvalue weighted by atomic mass is 10.0. The lowest BCUT2D eigenvalue weighted by molar-refractivity contribution is -0.135. The highest BCUT2D eigenvalue weighted by molar-refractivity contribution is 5.84. The van der Waals surface area contributed by atoms with E-state index in [0.29, 0.717) is 12.6 Å². The number of piperidine rings is 1. The normalized spacial score (nSPS) is 28.4. The molecule has 0 aromatic rings. The quantitative estimate of drug-likeness (QED) is 0.712. The smallest absolute Gasteiger partial charge is 0.236 e. The molecule has 0 aromatic carbocycles. The molecular weight excluding hydrogens is 306 g/mol. The summed E-state index contributed by atoms with van der Waals surface area (Å²) in [6, 6.07) is 0.292. The number of hydrogen-bond donors (Lipinski definition) is 1. The highest BCUT2D eigenvalue weighted by Gasteiger charge is 2.33. The van der Waals surface area contributed by atoms with Crippen molar-refractivity contribution in [3.05, 3.63) is 6.42 Å². The molecule has 135 valence electrons. The fourth-order valence-electron chi connectivity index (χ4n) is 4.13. The van der Waals surface area contributed by atoms with Crippen LogP contribution < -0.4 is 5.73 Å². The second-order valence-corrected chi connectivity index (χ2v) is 7.29. The minimum Gasteiger partial charge on any atom is -0.368 e. The predicted octanol–water partition coefficient (Wildman–Crippen LogP) is -1.01. The van der Waals surface area contributed by atoms with Gasteiger partial charge in [-0.25, -0.2) is 0 Å². The molecule has 0 bridgehead atoms. The van der Waals surface area contributed by atoms with Crippen molar-refractivity contribution < 1.29 is 9.59 Å². The van der Waals surface area contributed by atoms with Crippen molar-refractivity contribution in [3.63, 3.8) is 0 Å². The lowest BCUT2D eigenvalue weighted by Crippen LogP contribution is -2.55. The number of primary amides is 1. The number of likely N-dealkylation sites (tertiary alicyclic amines) is 2. The van der Waals surface area contributed by atoms with Crippen molar-refractivity contribution in [2.24, 2.45) is 5.73 Å². The van der Waals surface area contributed by atoms with Gasteiger partial charge in [0.15, 0.2) is 0 Å². The molecule has 0 unspecified atom stereocenters. The Kier molecular flexibility index (Phi) is 5.73. The Bertz CT molecular complexity index is 456. The average Bonchev–Trinajstić information content (AvgIpc) is 3.04. The summed E-state index contributed by atoms with van der Waals surface area (Å²) in [5.41, 5.74) is 5.41. The molecule has 2 N–H and O–H groups in total. The summed E-state index contributed by atoms with van der Waals surface area (Å²) in [5, 5.41) is 0. The Labute approximate surface area is 144 Å². The van der Waals surface area contributed by atoms with E-state index in [-0.39, 0.29) is 17.9 Å². The standard InChI is InChI=1S/C17H30N5O2/c1-19-7-4-14(5-8-19)20-9-11-21(12-10-20)16(23)13-22-6-2-3-15(22)17(18)24/h3,14-15H,2,4-13H2,1H3,(H2,18,24)/t15-/m0/s1. The number of carbonyl (C=O) groups excluding carboxylic acids is 2. The fourth-order valence-corrected chi connectivity index (χ4v) is 4.13. The number of piperazine rings is 1. The molecule has 7 heteroatoms. The van der Waals surface area contributed by atoms with Gasteiger partial charge in [-0.3, -0.25) is 19.4 Å². The molecule has 3 heterocycles. The van der Waals surface area contributed by atoms with E-state index in [9.17, 15) is 9.59 Å². The van der Waals surface area contributed by atoms with E-state index in [1.807, 2.05) is 16.2 Å². The van der Waals surface area contributed by atoms with Crippen molar-refractivity contribution in [2.75, 3.05) is 59.4 Å². The Balaban J connectivity index is 1.44. The van der Waals surface area contributed by atoms with Gasteiger partial charge in [0, 0.05) is 32.2 Å². The Morgan fingerprint density at radius 2 is 1.71 bits per heavy atom. The molecule has 24 heavy (non-hydrogen) atoms. The van der Waals surface area contributed by atoms with E-state index in [1.54, 1.807) is 0 Å². The van der Waals surface area contributed by atoms with E-state index in [4.69, 9.17) is 5.73 Å². The SMILES string of the molecule is CN1CCC(N2CCN(C(=O)CN3CC[CH][C@H]3C(N)=O)CC2)CC1. The monoisotopic (exact) mass is 336 g/mol. The van der Waals surface area contributed by atoms with Gasteiger partial charge in [0.05, 0.1) is 12.6 Å². The third-order valence-corrected chi connectivity index (χ3v) is 5.70. The van der Waals surface area contributed by atoms with Crippen molar-refractivity contribution in [1.29, 1.82) is 0 Å². The first-order valence-electron chi connectivity index (χ1n) is 9.11. The van der Waals surface area contributed by atoms with E-state index in [2.05, 4.69) is 16.8 Å². The molecule has 0 aliphatic carbocycles. The number of hydrogen-bond acceptors (Lipinski definition) is 5. The van der Waals surface area contributed by atoms with Crippen LogP contribution in [-0.4, -0.2) is 103 Å². The molecule has 3 fully saturated rings. The third kappa shape index (κ3) is 4.07. The van der Waals surface area contributed by atoms with E-state index in [1.165, 1.54) is 25.9 Å². The predicted molar refractivity (Wildman–Crippen MR) is 92.1 cm³/mol. The number of carbonyl (C=O) groups is 2. The molecular formula is C17H30N5O2. The van der Waals surface area contributed by atoms with Gasteiger partial charge in [0.1, 0.15) is 0 Å². The van der Waals surface area contributed by atoms with Gasteiger partial charge in [0.25, 0.3) is 0 Å². The second kappa shape index (κ2) is 7.80. The van der Waals surface area contributed by atoms with Gasteiger partial charge >= 0.3 is 0 Å². The zero-order valence-corrected chi connectivity index (χ0v) is 14.7. The van der Waals surface area contributed by atoms with Crippen LogP contribution in [0.2, 0.25) is 0 Å². The Hall–Kier alpha value is -1.18. The van der Waals surface area contributed by atoms with Gasteiger partial charge in [0.2, 0.25) is 11.8 Å². The first-order valence-corrected chi connectivity index (χ1v) is 9.11. The van der Waals surface area contributed by atoms with Gasteiger partial charge < -0.3 is 15.5 Å². The topological polar surface area (TPSA) is 73.1 Å². The maximum absolute atomic E-state index is 12.5. The van der Waals surface area contributed by atoms with E-state index < -0.39 is 0 Å². The zero-order valence-electron chi connectivity index (χ0n) is 14.7. The largest absolute Gasteiger partial charge is 0.368 e. The van der Waals surface area contributed by atoms with Crippen molar-refractivity contribution >= 4 is 11.8 Å². The summed E-state index contributed by atoms with van der Waals surface area (Å²) < 4.78 is 0. The first-order chi connectivity index (χ1) is 11.5. The molecule has 3 aliphatic rings. The van der Waals surface area contributed by atoms with Gasteiger partial charge in [-0.1, -0.05) is 0 Å². The Morgan fingerprint density at radius 3 is 2.33 bits per heavy atom. The lowest BCUT2D eigenvalue weighted by Gasteiger charge is -2.42. The highest BCUT2D eigenvalue weighted by Crippen LogP contribution is 2.19. The van der Waals surface area contributed by atoms with Crippen molar-refractivity contribution in [1.82, 2.24) is 19.6 Å². The average molecular weight is 336 g/mol. The van der Waals surface area contributed by atoms with E-state index >= 15 is 0 Å². The molecule has 2 amide bonds. The molecule has 1 radical (unpaired) electrons. The molecule has 3 rings (SSSR count). The van der Waals surface area contributed by atoms with Crippen LogP contribution in [0.4, 0.5) is 0 Å². The van der Waals surface area contributed by atoms with Crippen LogP contribution in [-0.2, 0) is 9.59 Å². The molecule has 0 saturated carbocycles. The van der Waals surface area contributed by atoms with Crippen molar-refractivity contribution in [3.8, 4) is 0 Å². The van der Waals surface area contributed by atoms with Crippen LogP contribution in [0.3, 0.4) is 0 Å². The van der Waals surface area contributed by atoms with Crippen molar-refractivity contribution in [2.45, 2.75) is 31.3 Å². The van der Waals surface area contributed by atoms with Crippen LogP contribution in [0.15, 0.2) is 0 Å². The molecule has 3 saturated heterocycles. The van der Waals surface area contributed by atoms with Crippen LogP contribution in [0, 0.1) is 6.42 Å². The first kappa shape index (κ1) is 17.6. The highest BCUT2D eigenvalue weighted by atomic mass is 16.2. The summed E-state index contributed by atoms with van der Waals surface area (Å²) in [5.74, 6) is -0.230. The van der Waals surface area contributed by atoms with Crippen LogP contribution in [0.5, 0.6) is 0 Å². The zero-order chi connectivity index (χ0) is 17.1. The second-order valence-electron chi connectivity index (χ2n) is 7.29. The van der Waals surface area contributed by atoms with Crippen LogP contribution >= 0.6 is 0 Å². The molecule has 0 aromatic heterocycles. The fraction of sp³-hybridized carbons (Fsp3) is 0.824. The number of nitrogens with zero attached hydrogens (tertiary/aromatic N) is 4. The maximum Gasteiger partial charge on any atom is 0.236 e. The molecule has 1 atom stereocenters. The summed E-state index contributed by atoms with van der Waals surface area (Å²) in [4.78, 5) is 32.7. The number of rotatable bonds is 4. The minimum atomic E-state index is -0.380. The van der Waals surface area contributed by atoms with Gasteiger partial charge in [-0.15, -0.1) is 0 Å². The third-order valence-electron chi connectivity index (χ3n) is 5.70. The Morgan fingerprint density at radius 1 is 1.04 bits per heavy atom. The number of amides is 2. The maximum atomic E-state index is 12.5.